The van der Waals surface area contributed by atoms with Gasteiger partial charge in [0.25, 0.3) is 0 Å². The van der Waals surface area contributed by atoms with E-state index in [1.807, 2.05) is 18.2 Å². The summed E-state index contributed by atoms with van der Waals surface area (Å²) in [5.74, 6) is 4.10. The highest BCUT2D eigenvalue weighted by Crippen LogP contribution is 2.37. The molecule has 3 amide bonds. The number of benzene rings is 3. The number of rotatable bonds is 99. The van der Waals surface area contributed by atoms with E-state index in [9.17, 15) is 14.4 Å². The molecule has 0 aromatic heterocycles. The number of unbranched alkanes of at least 4 members (excludes halogenated alkanes) is 78. The Morgan fingerprint density at radius 2 is 0.289 bits per heavy atom. The highest BCUT2D eigenvalue weighted by molar-refractivity contribution is 5.77. The van der Waals surface area contributed by atoms with Gasteiger partial charge in [-0.05, 0) is 74.9 Å². The van der Waals surface area contributed by atoms with Crippen molar-refractivity contribution in [2.45, 2.75) is 581 Å². The molecular weight excluding hydrogens is 1680 g/mol. The third kappa shape index (κ3) is 69.7. The van der Waals surface area contributed by atoms with Crippen LogP contribution in [0.4, 0.5) is 14.4 Å². The maximum atomic E-state index is 15.0. The zero-order chi connectivity index (χ0) is 96.1. The van der Waals surface area contributed by atoms with Gasteiger partial charge in [0.2, 0.25) is 0 Å². The Morgan fingerprint density at radius 1 is 0.170 bits per heavy atom. The van der Waals surface area contributed by atoms with Crippen molar-refractivity contribution in [3.63, 3.8) is 0 Å². The summed E-state index contributed by atoms with van der Waals surface area (Å²) in [6.45, 7) is 16.1. The summed E-state index contributed by atoms with van der Waals surface area (Å²) >= 11 is 0. The molecule has 1 heterocycles. The van der Waals surface area contributed by atoms with Crippen molar-refractivity contribution in [3.05, 3.63) is 54.6 Å². The predicted octanol–water partition coefficient (Wildman–Crippen LogP) is 39.5. The van der Waals surface area contributed by atoms with Gasteiger partial charge in [0.1, 0.15) is 37.3 Å². The number of carbonyl (C=O) groups excluding carboxylic acids is 3. The van der Waals surface area contributed by atoms with Crippen LogP contribution in [0.1, 0.15) is 581 Å². The Balaban J connectivity index is 1.57. The molecule has 0 unspecified atom stereocenters. The molecule has 1 fully saturated rings. The summed E-state index contributed by atoms with van der Waals surface area (Å²) in [7, 11) is 0. The molecule has 0 radical (unpaired) electrons. The van der Waals surface area contributed by atoms with Gasteiger partial charge in [0.05, 0.1) is 39.6 Å². The second kappa shape index (κ2) is 92.0. The molecule has 0 aliphatic carbocycles. The monoisotopic (exact) mass is 1890 g/mol. The van der Waals surface area contributed by atoms with Crippen molar-refractivity contribution < 1.29 is 57.0 Å². The van der Waals surface area contributed by atoms with Crippen LogP contribution >= 0.6 is 0 Å². The Morgan fingerprint density at radius 3 is 0.422 bits per heavy atom. The summed E-state index contributed by atoms with van der Waals surface area (Å²) in [4.78, 5) is 48.9. The third-order valence-corrected chi connectivity index (χ3v) is 27.7. The second-order valence-electron chi connectivity index (χ2n) is 40.6. The van der Waals surface area contributed by atoms with Gasteiger partial charge in [-0.1, -0.05) is 542 Å². The van der Waals surface area contributed by atoms with Crippen LogP contribution in [0.15, 0.2) is 54.6 Å². The number of carbonyl (C=O) groups is 3. The summed E-state index contributed by atoms with van der Waals surface area (Å²) < 4.78 is 58.2. The first kappa shape index (κ1) is 122. The first-order chi connectivity index (χ1) is 66.7. The number of amides is 3. The molecule has 0 bridgehead atoms. The van der Waals surface area contributed by atoms with E-state index in [2.05, 4.69) is 41.5 Å². The largest absolute Gasteiger partial charge is 0.490 e. The average Bonchev–Trinajstić information content (AvgIpc) is 0.806. The number of hydrogen-bond donors (Lipinski definition) is 0. The highest BCUT2D eigenvalue weighted by Gasteiger charge is 2.36. The van der Waals surface area contributed by atoms with Crippen LogP contribution in [0.5, 0.6) is 51.7 Å². The van der Waals surface area contributed by atoms with Crippen molar-refractivity contribution in [2.24, 2.45) is 0 Å². The van der Waals surface area contributed by atoms with Gasteiger partial charge in [-0.3, -0.25) is 14.7 Å². The zero-order valence-corrected chi connectivity index (χ0v) is 89.2. The fraction of sp³-hybridized carbons (Fsp3) is 0.825. The SMILES string of the molecule is CCCCCCCCCCCCCCCCOc1ccc(OC(=O)N2CN(C(=O)Oc3ccc(OCCCCCCCCCCCCCCCC)c(OCCCCCCCCCCCCCCCC)c3)CN(C(=O)Oc3ccc(OCCCCCCCCCCCCCCCC)c(OCCCCCCCCCCCCCCCC)c3)C2)cc1OCCCCCCCCCCCCCCCC. The van der Waals surface area contributed by atoms with E-state index in [0.717, 1.165) is 96.3 Å². The smallest absolute Gasteiger partial charge is 0.418 e. The number of ether oxygens (including phenoxy) is 9. The van der Waals surface area contributed by atoms with Crippen LogP contribution < -0.4 is 42.6 Å². The quantitative estimate of drug-likeness (QED) is 0.0496. The van der Waals surface area contributed by atoms with E-state index in [0.29, 0.717) is 74.1 Å². The summed E-state index contributed by atoms with van der Waals surface area (Å²) in [5.41, 5.74) is 0. The van der Waals surface area contributed by atoms with Crippen molar-refractivity contribution >= 4 is 18.3 Å². The third-order valence-electron chi connectivity index (χ3n) is 27.7. The zero-order valence-electron chi connectivity index (χ0n) is 89.2. The molecule has 1 aliphatic rings. The van der Waals surface area contributed by atoms with Gasteiger partial charge in [0.15, 0.2) is 34.5 Å². The van der Waals surface area contributed by atoms with Crippen LogP contribution in [-0.4, -0.2) is 92.6 Å². The van der Waals surface area contributed by atoms with Gasteiger partial charge in [0, 0.05) is 18.2 Å². The van der Waals surface area contributed by atoms with E-state index >= 15 is 0 Å². The molecule has 0 atom stereocenters. The molecule has 780 valence electrons. The lowest BCUT2D eigenvalue weighted by atomic mass is 10.0. The molecule has 135 heavy (non-hydrogen) atoms. The maximum absolute atomic E-state index is 15.0. The first-order valence-electron chi connectivity index (χ1n) is 58.8. The predicted molar refractivity (Wildman–Crippen MR) is 572 cm³/mol. The van der Waals surface area contributed by atoms with Gasteiger partial charge < -0.3 is 42.6 Å². The molecule has 4 rings (SSSR count). The first-order valence-corrected chi connectivity index (χ1v) is 58.8. The van der Waals surface area contributed by atoms with Crippen molar-refractivity contribution in [2.75, 3.05) is 59.6 Å². The Hall–Kier alpha value is -5.73. The van der Waals surface area contributed by atoms with Gasteiger partial charge in [-0.25, -0.2) is 14.4 Å². The maximum Gasteiger partial charge on any atom is 0.418 e. The summed E-state index contributed by atoms with van der Waals surface area (Å²) in [5, 5.41) is 0. The van der Waals surface area contributed by atoms with Crippen LogP contribution in [-0.2, 0) is 0 Å². The normalized spacial score (nSPS) is 12.2. The van der Waals surface area contributed by atoms with E-state index in [1.54, 1.807) is 36.4 Å². The molecule has 15 nitrogen and oxygen atoms in total. The molecule has 3 aromatic carbocycles. The minimum atomic E-state index is -0.779. The molecule has 0 N–H and O–H groups in total. The van der Waals surface area contributed by atoms with E-state index < -0.39 is 18.3 Å². The number of nitrogens with zero attached hydrogens (tertiary/aromatic N) is 3. The molecule has 15 heteroatoms. The standard InChI is InChI=1S/C120H213N3O12/c1-7-13-19-25-31-37-43-49-55-61-67-73-79-85-97-127-112-94-91-109(103-115(112)130-100-88-82-76-70-64-58-52-46-40-34-28-22-16-10-4)133-118(124)121-106-122(119(125)134-110-92-95-113(128-98-86-80-74-68-62-56-50-44-38-32-26-20-14-8-2)116(104-110)131-101-89-83-77-71-65-59-53-47-41-35-29-23-17-11-5)108-123(107-121)120(126)135-111-93-96-114(129-99-87-81-75-69-63-57-51-45-39-33-27-21-15-9-3)117(105-111)132-102-90-84-78-72-66-60-54-48-42-36-30-24-18-12-6/h91-96,103-105H,7-90,97-102,106-108H2,1-6H3. The minimum Gasteiger partial charge on any atom is -0.490 e. The fourth-order valence-electron chi connectivity index (χ4n) is 18.8. The van der Waals surface area contributed by atoms with Gasteiger partial charge in [-0.2, -0.15) is 0 Å². The fourth-order valence-corrected chi connectivity index (χ4v) is 18.8. The lowest BCUT2D eigenvalue weighted by molar-refractivity contribution is 0.00251. The van der Waals surface area contributed by atoms with Crippen LogP contribution in [0.3, 0.4) is 0 Å². The Bertz CT molecular complexity index is 2800. The van der Waals surface area contributed by atoms with Gasteiger partial charge in [-0.15, -0.1) is 0 Å². The van der Waals surface area contributed by atoms with E-state index in [4.69, 9.17) is 42.6 Å². The van der Waals surface area contributed by atoms with E-state index in [1.165, 1.54) is 458 Å². The molecule has 1 saturated heterocycles. The summed E-state index contributed by atoms with van der Waals surface area (Å²) in [6.07, 6.45) is 105. The molecular formula is C120H213N3O12. The molecule has 0 saturated carbocycles. The lowest BCUT2D eigenvalue weighted by Crippen LogP contribution is -2.60. The van der Waals surface area contributed by atoms with E-state index in [-0.39, 0.29) is 37.3 Å². The second-order valence-corrected chi connectivity index (χ2v) is 40.6. The van der Waals surface area contributed by atoms with Crippen molar-refractivity contribution in [1.29, 1.82) is 0 Å². The highest BCUT2D eigenvalue weighted by atomic mass is 16.6. The molecule has 0 spiro atoms. The number of hydrogen-bond acceptors (Lipinski definition) is 12. The van der Waals surface area contributed by atoms with Crippen LogP contribution in [0, 0.1) is 0 Å². The average molecular weight is 1890 g/mol. The Labute approximate surface area is 832 Å². The van der Waals surface area contributed by atoms with Crippen LogP contribution in [0.25, 0.3) is 0 Å². The Kier molecular flexibility index (Phi) is 82.9. The molecule has 3 aromatic rings. The van der Waals surface area contributed by atoms with Gasteiger partial charge >= 0.3 is 18.3 Å². The minimum absolute atomic E-state index is 0.246. The van der Waals surface area contributed by atoms with Crippen LogP contribution in [0.2, 0.25) is 0 Å². The lowest BCUT2D eigenvalue weighted by Gasteiger charge is -2.40. The topological polar surface area (TPSA) is 144 Å². The van der Waals surface area contributed by atoms with Crippen molar-refractivity contribution in [1.82, 2.24) is 14.7 Å². The molecule has 1 aliphatic heterocycles. The summed E-state index contributed by atoms with van der Waals surface area (Å²) in [6, 6.07) is 15.9. The van der Waals surface area contributed by atoms with Crippen molar-refractivity contribution in [3.8, 4) is 51.7 Å².